The summed E-state index contributed by atoms with van der Waals surface area (Å²) < 4.78 is 12.8. The Hall–Kier alpha value is -2.20. The second-order valence-corrected chi connectivity index (χ2v) is 5.32. The Morgan fingerprint density at radius 2 is 1.55 bits per heavy atom. The molecule has 0 bridgehead atoms. The summed E-state index contributed by atoms with van der Waals surface area (Å²) in [6.07, 6.45) is 0.424. The molecular formula is C18H21FN2O. The maximum absolute atomic E-state index is 12.8. The van der Waals surface area contributed by atoms with Crippen molar-refractivity contribution in [2.45, 2.75) is 26.4 Å². The van der Waals surface area contributed by atoms with Crippen LogP contribution in [0.4, 0.5) is 4.39 Å². The molecule has 0 aliphatic rings. The third-order valence-corrected chi connectivity index (χ3v) is 3.38. The number of amides is 1. The predicted octanol–water partition coefficient (Wildman–Crippen LogP) is 2.93. The molecular weight excluding hydrogens is 279 g/mol. The molecule has 0 aliphatic carbocycles. The summed E-state index contributed by atoms with van der Waals surface area (Å²) in [7, 11) is 0. The molecule has 2 rings (SSSR count). The first kappa shape index (κ1) is 16.2. The van der Waals surface area contributed by atoms with Crippen LogP contribution in [0.2, 0.25) is 0 Å². The fourth-order valence-corrected chi connectivity index (χ4v) is 2.03. The lowest BCUT2D eigenvalue weighted by Gasteiger charge is -2.07. The third-order valence-electron chi connectivity index (χ3n) is 3.38. The van der Waals surface area contributed by atoms with Crippen LogP contribution in [0.1, 0.15) is 23.1 Å². The van der Waals surface area contributed by atoms with Gasteiger partial charge in [-0.1, -0.05) is 42.0 Å². The minimum absolute atomic E-state index is 0.0205. The number of rotatable bonds is 7. The Morgan fingerprint density at radius 1 is 0.955 bits per heavy atom. The van der Waals surface area contributed by atoms with Crippen LogP contribution >= 0.6 is 0 Å². The molecule has 4 heteroatoms. The molecule has 0 aliphatic heterocycles. The van der Waals surface area contributed by atoms with Gasteiger partial charge in [-0.05, 0) is 30.2 Å². The van der Waals surface area contributed by atoms with E-state index in [2.05, 4.69) is 10.6 Å². The van der Waals surface area contributed by atoms with E-state index in [4.69, 9.17) is 0 Å². The van der Waals surface area contributed by atoms with Crippen molar-refractivity contribution in [3.05, 3.63) is 71.0 Å². The number of aryl methyl sites for hydroxylation is 1. The van der Waals surface area contributed by atoms with Gasteiger partial charge in [-0.25, -0.2) is 4.39 Å². The van der Waals surface area contributed by atoms with Crippen LogP contribution in [0.15, 0.2) is 48.5 Å². The van der Waals surface area contributed by atoms with Crippen molar-refractivity contribution in [3.8, 4) is 0 Å². The lowest BCUT2D eigenvalue weighted by atomic mass is 10.1. The van der Waals surface area contributed by atoms with Gasteiger partial charge in [-0.15, -0.1) is 0 Å². The van der Waals surface area contributed by atoms with Gasteiger partial charge in [0.15, 0.2) is 0 Å². The summed E-state index contributed by atoms with van der Waals surface area (Å²) in [5.74, 6) is -0.216. The minimum Gasteiger partial charge on any atom is -0.352 e. The molecule has 0 radical (unpaired) electrons. The number of hydrogen-bond acceptors (Lipinski definition) is 2. The van der Waals surface area contributed by atoms with Crippen molar-refractivity contribution in [2.75, 3.05) is 6.54 Å². The van der Waals surface area contributed by atoms with Gasteiger partial charge in [-0.2, -0.15) is 0 Å². The molecule has 0 atom stereocenters. The van der Waals surface area contributed by atoms with Gasteiger partial charge in [0, 0.05) is 26.1 Å². The SMILES string of the molecule is Cc1ccc(CNC(=O)CCNCc2ccc(F)cc2)cc1. The average Bonchev–Trinajstić information content (AvgIpc) is 2.53. The summed E-state index contributed by atoms with van der Waals surface area (Å²) in [6.45, 7) is 3.81. The number of halogens is 1. The molecule has 0 spiro atoms. The molecule has 1 amide bonds. The number of carbonyl (C=O) groups excluding carboxylic acids is 1. The molecule has 2 aromatic rings. The summed E-state index contributed by atoms with van der Waals surface area (Å²) >= 11 is 0. The van der Waals surface area contributed by atoms with Crippen molar-refractivity contribution >= 4 is 5.91 Å². The van der Waals surface area contributed by atoms with Crippen molar-refractivity contribution in [1.82, 2.24) is 10.6 Å². The van der Waals surface area contributed by atoms with E-state index in [-0.39, 0.29) is 11.7 Å². The normalized spacial score (nSPS) is 10.5. The highest BCUT2D eigenvalue weighted by Gasteiger charge is 2.01. The third kappa shape index (κ3) is 5.66. The van der Waals surface area contributed by atoms with Crippen molar-refractivity contribution < 1.29 is 9.18 Å². The van der Waals surface area contributed by atoms with Crippen molar-refractivity contribution in [3.63, 3.8) is 0 Å². The van der Waals surface area contributed by atoms with E-state index in [1.54, 1.807) is 12.1 Å². The van der Waals surface area contributed by atoms with Crippen LogP contribution < -0.4 is 10.6 Å². The molecule has 0 saturated carbocycles. The molecule has 3 nitrogen and oxygen atoms in total. The van der Waals surface area contributed by atoms with Crippen molar-refractivity contribution in [2.24, 2.45) is 0 Å². The monoisotopic (exact) mass is 300 g/mol. The zero-order valence-electron chi connectivity index (χ0n) is 12.7. The summed E-state index contributed by atoms with van der Waals surface area (Å²) in [4.78, 5) is 11.7. The first-order chi connectivity index (χ1) is 10.6. The Balaban J connectivity index is 1.61. The van der Waals surface area contributed by atoms with Gasteiger partial charge in [0.25, 0.3) is 0 Å². The maximum Gasteiger partial charge on any atom is 0.221 e. The Morgan fingerprint density at radius 3 is 2.23 bits per heavy atom. The Bertz CT molecular complexity index is 593. The van der Waals surface area contributed by atoms with E-state index in [9.17, 15) is 9.18 Å². The van der Waals surface area contributed by atoms with Crippen LogP contribution in [-0.4, -0.2) is 12.5 Å². The summed E-state index contributed by atoms with van der Waals surface area (Å²) in [5, 5.41) is 6.07. The van der Waals surface area contributed by atoms with Crippen LogP contribution in [0, 0.1) is 12.7 Å². The number of nitrogens with one attached hydrogen (secondary N) is 2. The van der Waals surface area contributed by atoms with E-state index in [1.807, 2.05) is 31.2 Å². The van der Waals surface area contributed by atoms with Gasteiger partial charge in [0.05, 0.1) is 0 Å². The molecule has 0 aromatic heterocycles. The van der Waals surface area contributed by atoms with E-state index >= 15 is 0 Å². The Labute approximate surface area is 130 Å². The van der Waals surface area contributed by atoms with Crippen molar-refractivity contribution in [1.29, 1.82) is 0 Å². The van der Waals surface area contributed by atoms with E-state index in [0.717, 1.165) is 11.1 Å². The Kier molecular flexibility index (Phi) is 6.10. The van der Waals surface area contributed by atoms with Gasteiger partial charge < -0.3 is 10.6 Å². The molecule has 2 N–H and O–H groups in total. The average molecular weight is 300 g/mol. The highest BCUT2D eigenvalue weighted by atomic mass is 19.1. The molecule has 0 saturated heterocycles. The van der Waals surface area contributed by atoms with Gasteiger partial charge in [0.1, 0.15) is 5.82 Å². The highest BCUT2D eigenvalue weighted by Crippen LogP contribution is 2.03. The predicted molar refractivity (Wildman–Crippen MR) is 85.7 cm³/mol. The van der Waals surface area contributed by atoms with E-state index in [0.29, 0.717) is 26.1 Å². The largest absolute Gasteiger partial charge is 0.352 e. The number of carbonyl (C=O) groups is 1. The number of benzene rings is 2. The molecule has 2 aromatic carbocycles. The maximum atomic E-state index is 12.8. The standard InChI is InChI=1S/C18H21FN2O/c1-14-2-4-16(5-3-14)13-21-18(22)10-11-20-12-15-6-8-17(19)9-7-15/h2-9,20H,10-13H2,1H3,(H,21,22). The summed E-state index contributed by atoms with van der Waals surface area (Å²) in [6, 6.07) is 14.4. The summed E-state index contributed by atoms with van der Waals surface area (Å²) in [5.41, 5.74) is 3.31. The zero-order chi connectivity index (χ0) is 15.8. The second-order valence-electron chi connectivity index (χ2n) is 5.32. The van der Waals surface area contributed by atoms with Crippen LogP contribution in [0.3, 0.4) is 0 Å². The van der Waals surface area contributed by atoms with Gasteiger partial charge in [0.2, 0.25) is 5.91 Å². The van der Waals surface area contributed by atoms with E-state index in [1.165, 1.54) is 17.7 Å². The lowest BCUT2D eigenvalue weighted by Crippen LogP contribution is -2.27. The molecule has 116 valence electrons. The second kappa shape index (κ2) is 8.29. The van der Waals surface area contributed by atoms with Gasteiger partial charge >= 0.3 is 0 Å². The first-order valence-electron chi connectivity index (χ1n) is 7.41. The fraction of sp³-hybridized carbons (Fsp3) is 0.278. The molecule has 0 unspecified atom stereocenters. The van der Waals surface area contributed by atoms with Crippen LogP contribution in [0.25, 0.3) is 0 Å². The minimum atomic E-state index is -0.237. The van der Waals surface area contributed by atoms with Crippen LogP contribution in [-0.2, 0) is 17.9 Å². The molecule has 22 heavy (non-hydrogen) atoms. The van der Waals surface area contributed by atoms with E-state index < -0.39 is 0 Å². The molecule has 0 heterocycles. The lowest BCUT2D eigenvalue weighted by molar-refractivity contribution is -0.121. The number of hydrogen-bond donors (Lipinski definition) is 2. The fourth-order valence-electron chi connectivity index (χ4n) is 2.03. The topological polar surface area (TPSA) is 41.1 Å². The van der Waals surface area contributed by atoms with Crippen LogP contribution in [0.5, 0.6) is 0 Å². The highest BCUT2D eigenvalue weighted by molar-refractivity contribution is 5.76. The van der Waals surface area contributed by atoms with Gasteiger partial charge in [-0.3, -0.25) is 4.79 Å². The quantitative estimate of drug-likeness (QED) is 0.772. The molecule has 0 fully saturated rings. The first-order valence-corrected chi connectivity index (χ1v) is 7.41. The zero-order valence-corrected chi connectivity index (χ0v) is 12.7. The smallest absolute Gasteiger partial charge is 0.221 e.